The quantitative estimate of drug-likeness (QED) is 0.680. The van der Waals surface area contributed by atoms with Gasteiger partial charge in [0.05, 0.1) is 0 Å². The zero-order valence-electron chi connectivity index (χ0n) is 12.3. The van der Waals surface area contributed by atoms with Gasteiger partial charge in [-0.05, 0) is 33.2 Å². The van der Waals surface area contributed by atoms with E-state index in [-0.39, 0.29) is 0 Å². The fourth-order valence-corrected chi connectivity index (χ4v) is 2.48. The van der Waals surface area contributed by atoms with E-state index in [0.717, 1.165) is 12.1 Å². The van der Waals surface area contributed by atoms with Crippen LogP contribution in [0.3, 0.4) is 0 Å². The third kappa shape index (κ3) is 4.42. The van der Waals surface area contributed by atoms with Crippen molar-refractivity contribution in [3.8, 4) is 0 Å². The lowest BCUT2D eigenvalue weighted by molar-refractivity contribution is 0.0827. The van der Waals surface area contributed by atoms with Gasteiger partial charge in [-0.25, -0.2) is 0 Å². The van der Waals surface area contributed by atoms with Gasteiger partial charge in [0.2, 0.25) is 0 Å². The second-order valence-corrected chi connectivity index (χ2v) is 4.42. The molecule has 0 spiro atoms. The maximum Gasteiger partial charge on any atom is 0.0224 e. The maximum absolute atomic E-state index is 2.67. The molecule has 0 N–H and O–H groups in total. The lowest BCUT2D eigenvalue weighted by Gasteiger charge is -2.39. The molecule has 98 valence electrons. The van der Waals surface area contributed by atoms with Crippen LogP contribution < -0.4 is 0 Å². The van der Waals surface area contributed by atoms with E-state index >= 15 is 0 Å². The van der Waals surface area contributed by atoms with Gasteiger partial charge >= 0.3 is 0 Å². The molecule has 0 bridgehead atoms. The summed E-state index contributed by atoms with van der Waals surface area (Å²) < 4.78 is 0. The highest BCUT2D eigenvalue weighted by Crippen LogP contribution is 2.22. The number of hydrogen-bond acceptors (Lipinski definition) is 2. The number of rotatable bonds is 1. The van der Waals surface area contributed by atoms with Crippen molar-refractivity contribution in [1.29, 1.82) is 0 Å². The number of nitrogens with zero attached hydrogens (tertiary/aromatic N) is 2. The SMILES string of the molecule is CC.CC.CC(C)N1CCN2CCCC2C1. The molecular weight excluding hydrogens is 196 g/mol. The molecule has 2 aliphatic rings. The van der Waals surface area contributed by atoms with Crippen LogP contribution in [0.4, 0.5) is 0 Å². The van der Waals surface area contributed by atoms with Crippen LogP contribution in [0.5, 0.6) is 0 Å². The first-order valence-electron chi connectivity index (χ1n) is 7.25. The van der Waals surface area contributed by atoms with Crippen molar-refractivity contribution in [2.45, 2.75) is 66.5 Å². The molecule has 0 amide bonds. The molecule has 1 atom stereocenters. The van der Waals surface area contributed by atoms with Crippen molar-refractivity contribution in [1.82, 2.24) is 9.80 Å². The largest absolute Gasteiger partial charge is 0.298 e. The van der Waals surface area contributed by atoms with Gasteiger partial charge in [-0.3, -0.25) is 9.80 Å². The fourth-order valence-electron chi connectivity index (χ4n) is 2.48. The Hall–Kier alpha value is -0.0800. The molecule has 2 fully saturated rings. The number of fused-ring (bicyclic) bond motifs is 1. The standard InChI is InChI=1S/C10H20N2.2C2H6/c1-9(2)12-7-6-11-5-3-4-10(11)8-12;2*1-2/h9-10H,3-8H2,1-2H3;2*1-2H3. The average Bonchev–Trinajstić information content (AvgIpc) is 2.81. The number of piperazine rings is 1. The lowest BCUT2D eigenvalue weighted by Crippen LogP contribution is -2.52. The summed E-state index contributed by atoms with van der Waals surface area (Å²) in [5, 5.41) is 0. The van der Waals surface area contributed by atoms with Crippen molar-refractivity contribution in [3.05, 3.63) is 0 Å². The second-order valence-electron chi connectivity index (χ2n) is 4.42. The van der Waals surface area contributed by atoms with Crippen LogP contribution in [-0.2, 0) is 0 Å². The zero-order chi connectivity index (χ0) is 12.6. The Balaban J connectivity index is 0.000000509. The first-order valence-corrected chi connectivity index (χ1v) is 7.25. The van der Waals surface area contributed by atoms with Gasteiger partial charge in [0.1, 0.15) is 0 Å². The number of hydrogen-bond donors (Lipinski definition) is 0. The Kier molecular flexibility index (Phi) is 8.96. The maximum atomic E-state index is 2.67. The predicted molar refractivity (Wildman–Crippen MR) is 74.0 cm³/mol. The Morgan fingerprint density at radius 2 is 1.56 bits per heavy atom. The minimum Gasteiger partial charge on any atom is -0.298 e. The zero-order valence-corrected chi connectivity index (χ0v) is 12.3. The smallest absolute Gasteiger partial charge is 0.0224 e. The average molecular weight is 228 g/mol. The van der Waals surface area contributed by atoms with Crippen molar-refractivity contribution in [3.63, 3.8) is 0 Å². The normalized spacial score (nSPS) is 25.3. The van der Waals surface area contributed by atoms with Gasteiger partial charge < -0.3 is 0 Å². The van der Waals surface area contributed by atoms with Gasteiger partial charge in [-0.15, -0.1) is 0 Å². The molecule has 1 unspecified atom stereocenters. The molecule has 0 aromatic heterocycles. The van der Waals surface area contributed by atoms with E-state index < -0.39 is 0 Å². The summed E-state index contributed by atoms with van der Waals surface area (Å²) in [6.45, 7) is 17.9. The summed E-state index contributed by atoms with van der Waals surface area (Å²) >= 11 is 0. The fraction of sp³-hybridized carbons (Fsp3) is 1.00. The van der Waals surface area contributed by atoms with Gasteiger partial charge in [0.25, 0.3) is 0 Å². The minimum absolute atomic E-state index is 0.743. The molecule has 0 aromatic carbocycles. The van der Waals surface area contributed by atoms with Crippen LogP contribution in [0, 0.1) is 0 Å². The molecule has 0 aromatic rings. The van der Waals surface area contributed by atoms with Crippen molar-refractivity contribution in [2.24, 2.45) is 0 Å². The third-order valence-corrected chi connectivity index (χ3v) is 3.35. The van der Waals surface area contributed by atoms with Crippen molar-refractivity contribution < 1.29 is 0 Å². The molecule has 2 aliphatic heterocycles. The van der Waals surface area contributed by atoms with Crippen LogP contribution in [0.25, 0.3) is 0 Å². The first kappa shape index (κ1) is 15.9. The van der Waals surface area contributed by atoms with Gasteiger partial charge in [-0.2, -0.15) is 0 Å². The summed E-state index contributed by atoms with van der Waals surface area (Å²) in [5.41, 5.74) is 0. The van der Waals surface area contributed by atoms with E-state index in [1.807, 2.05) is 27.7 Å². The highest BCUT2D eigenvalue weighted by Gasteiger charge is 2.30. The van der Waals surface area contributed by atoms with Crippen LogP contribution in [0.1, 0.15) is 54.4 Å². The Bertz CT molecular complexity index is 157. The molecule has 2 heteroatoms. The van der Waals surface area contributed by atoms with Crippen molar-refractivity contribution in [2.75, 3.05) is 26.2 Å². The van der Waals surface area contributed by atoms with Crippen LogP contribution >= 0.6 is 0 Å². The van der Waals surface area contributed by atoms with Gasteiger partial charge in [0, 0.05) is 31.7 Å². The van der Waals surface area contributed by atoms with Crippen LogP contribution in [0.2, 0.25) is 0 Å². The van der Waals surface area contributed by atoms with Crippen molar-refractivity contribution >= 4 is 0 Å². The molecule has 0 saturated carbocycles. The summed E-state index contributed by atoms with van der Waals surface area (Å²) in [5.74, 6) is 0. The third-order valence-electron chi connectivity index (χ3n) is 3.35. The first-order chi connectivity index (χ1) is 7.77. The van der Waals surface area contributed by atoms with Crippen LogP contribution in [-0.4, -0.2) is 48.1 Å². The van der Waals surface area contributed by atoms with E-state index in [0.29, 0.717) is 0 Å². The molecule has 0 radical (unpaired) electrons. The van der Waals surface area contributed by atoms with E-state index in [4.69, 9.17) is 0 Å². The lowest BCUT2D eigenvalue weighted by atomic mass is 10.1. The second kappa shape index (κ2) is 9.00. The molecule has 2 saturated heterocycles. The molecule has 2 nitrogen and oxygen atoms in total. The molecule has 2 rings (SSSR count). The Morgan fingerprint density at radius 1 is 0.938 bits per heavy atom. The highest BCUT2D eigenvalue weighted by molar-refractivity contribution is 4.87. The van der Waals surface area contributed by atoms with E-state index in [1.165, 1.54) is 39.0 Å². The minimum atomic E-state index is 0.743. The van der Waals surface area contributed by atoms with Gasteiger partial charge in [0.15, 0.2) is 0 Å². The van der Waals surface area contributed by atoms with E-state index in [1.54, 1.807) is 0 Å². The Labute approximate surface area is 103 Å². The summed E-state index contributed by atoms with van der Waals surface area (Å²) in [4.78, 5) is 5.28. The highest BCUT2D eigenvalue weighted by atomic mass is 15.3. The summed E-state index contributed by atoms with van der Waals surface area (Å²) in [6, 6.07) is 1.63. The Morgan fingerprint density at radius 3 is 2.12 bits per heavy atom. The predicted octanol–water partition coefficient (Wildman–Crippen LogP) is 3.23. The molecule has 16 heavy (non-hydrogen) atoms. The van der Waals surface area contributed by atoms with Crippen LogP contribution in [0.15, 0.2) is 0 Å². The van der Waals surface area contributed by atoms with E-state index in [9.17, 15) is 0 Å². The van der Waals surface area contributed by atoms with Gasteiger partial charge in [-0.1, -0.05) is 27.7 Å². The monoisotopic (exact) mass is 228 g/mol. The molecule has 2 heterocycles. The summed E-state index contributed by atoms with van der Waals surface area (Å²) in [6.07, 6.45) is 2.86. The summed E-state index contributed by atoms with van der Waals surface area (Å²) in [7, 11) is 0. The molecule has 0 aliphatic carbocycles. The topological polar surface area (TPSA) is 6.48 Å². The molecular formula is C14H32N2. The van der Waals surface area contributed by atoms with E-state index in [2.05, 4.69) is 23.6 Å².